The largest absolute Gasteiger partial charge is 0.273 e. The minimum absolute atomic E-state index is 0. The van der Waals surface area contributed by atoms with Crippen LogP contribution in [0.4, 0.5) is 0 Å². The van der Waals surface area contributed by atoms with Crippen LogP contribution in [0.1, 0.15) is 6.42 Å². The standard InChI is InChI=1S/C11H12P.C5H5.Hf/c1-12(2)11-7-9-5-3-4-6-10(9)8-11;1-2-4-5-3-1;/h3-8H,1-2H3;1-3H,4H2;/q2*-1;. The maximum Gasteiger partial charge on any atom is 0 e. The number of hydrogen-bond donors (Lipinski definition) is 0. The Hall–Kier alpha value is -0.390. The third-order valence-electron chi connectivity index (χ3n) is 2.71. The van der Waals surface area contributed by atoms with Crippen LogP contribution in [0.5, 0.6) is 0 Å². The molecule has 2 aromatic rings. The molecule has 0 aromatic heterocycles. The van der Waals surface area contributed by atoms with Gasteiger partial charge in [0.1, 0.15) is 0 Å². The molecule has 0 atom stereocenters. The van der Waals surface area contributed by atoms with Gasteiger partial charge < -0.3 is 0 Å². The van der Waals surface area contributed by atoms with Crippen LogP contribution in [0.25, 0.3) is 10.8 Å². The molecular weight excluding hydrogens is 402 g/mol. The molecule has 0 unspecified atom stereocenters. The second-order valence-electron chi connectivity index (χ2n) is 4.24. The SMILES string of the molecule is CP(C)c1cc2ccccc2[cH-]1.[C-]1=CC=CC1.[Hf]. The fourth-order valence-electron chi connectivity index (χ4n) is 1.73. The third-order valence-corrected chi connectivity index (χ3v) is 4.00. The van der Waals surface area contributed by atoms with Gasteiger partial charge in [-0.05, 0) is 13.3 Å². The van der Waals surface area contributed by atoms with E-state index < -0.39 is 0 Å². The number of rotatable bonds is 1. The molecule has 0 aliphatic heterocycles. The molecule has 0 nitrogen and oxygen atoms in total. The van der Waals surface area contributed by atoms with Crippen molar-refractivity contribution in [2.75, 3.05) is 13.3 Å². The number of benzene rings is 1. The van der Waals surface area contributed by atoms with E-state index in [0.29, 0.717) is 0 Å². The van der Waals surface area contributed by atoms with Crippen LogP contribution in [-0.4, -0.2) is 13.3 Å². The number of hydrogen-bond acceptors (Lipinski definition) is 0. The molecule has 0 bridgehead atoms. The first-order chi connectivity index (χ1) is 8.27. The van der Waals surface area contributed by atoms with Crippen molar-refractivity contribution < 1.29 is 25.8 Å². The summed E-state index contributed by atoms with van der Waals surface area (Å²) in [6.45, 7) is 4.59. The summed E-state index contributed by atoms with van der Waals surface area (Å²) < 4.78 is 0. The molecule has 0 radical (unpaired) electrons. The Labute approximate surface area is 130 Å². The minimum Gasteiger partial charge on any atom is -0.273 e. The molecule has 92 valence electrons. The van der Waals surface area contributed by atoms with E-state index in [1.54, 1.807) is 0 Å². The molecule has 3 rings (SSSR count). The van der Waals surface area contributed by atoms with Gasteiger partial charge in [-0.1, -0.05) is 6.07 Å². The topological polar surface area (TPSA) is 0 Å². The van der Waals surface area contributed by atoms with E-state index in [0.717, 1.165) is 6.42 Å². The van der Waals surface area contributed by atoms with Gasteiger partial charge in [0.15, 0.2) is 0 Å². The van der Waals surface area contributed by atoms with Crippen molar-refractivity contribution >= 4 is 24.0 Å². The van der Waals surface area contributed by atoms with Crippen LogP contribution in [0, 0.1) is 6.08 Å². The van der Waals surface area contributed by atoms with E-state index in [9.17, 15) is 0 Å². The van der Waals surface area contributed by atoms with E-state index in [4.69, 9.17) is 0 Å². The van der Waals surface area contributed by atoms with Crippen molar-refractivity contribution in [2.24, 2.45) is 0 Å². The monoisotopic (exact) mass is 420 g/mol. The molecule has 0 saturated carbocycles. The van der Waals surface area contributed by atoms with E-state index >= 15 is 0 Å². The summed E-state index contributed by atoms with van der Waals surface area (Å²) in [6.07, 6.45) is 10.0. The molecule has 0 fully saturated rings. The quantitative estimate of drug-likeness (QED) is 0.369. The number of allylic oxidation sites excluding steroid dienone is 4. The maximum absolute atomic E-state index is 2.99. The molecule has 0 heterocycles. The summed E-state index contributed by atoms with van der Waals surface area (Å²) in [5.41, 5.74) is 0. The van der Waals surface area contributed by atoms with Crippen LogP contribution in [0.15, 0.2) is 54.6 Å². The molecular formula is C16H17HfP-2. The predicted molar refractivity (Wildman–Crippen MR) is 79.5 cm³/mol. The summed E-state index contributed by atoms with van der Waals surface area (Å²) >= 11 is 0. The molecule has 18 heavy (non-hydrogen) atoms. The van der Waals surface area contributed by atoms with Gasteiger partial charge in [-0.3, -0.25) is 6.08 Å². The molecule has 0 N–H and O–H groups in total. The van der Waals surface area contributed by atoms with Gasteiger partial charge in [-0.15, -0.1) is 54.7 Å². The van der Waals surface area contributed by atoms with Gasteiger partial charge in [-0.25, -0.2) is 12.2 Å². The van der Waals surface area contributed by atoms with Gasteiger partial charge in [0.2, 0.25) is 0 Å². The second kappa shape index (κ2) is 7.92. The zero-order chi connectivity index (χ0) is 12.1. The van der Waals surface area contributed by atoms with E-state index in [1.165, 1.54) is 16.1 Å². The van der Waals surface area contributed by atoms with Crippen molar-refractivity contribution in [2.45, 2.75) is 6.42 Å². The van der Waals surface area contributed by atoms with Gasteiger partial charge >= 0.3 is 0 Å². The summed E-state index contributed by atoms with van der Waals surface area (Å²) in [5.74, 6) is 0. The van der Waals surface area contributed by atoms with Crippen molar-refractivity contribution in [3.05, 3.63) is 60.7 Å². The van der Waals surface area contributed by atoms with Crippen molar-refractivity contribution in [3.8, 4) is 0 Å². The Morgan fingerprint density at radius 3 is 2.50 bits per heavy atom. The predicted octanol–water partition coefficient (Wildman–Crippen LogP) is 4.23. The van der Waals surface area contributed by atoms with Gasteiger partial charge in [-0.2, -0.15) is 12.1 Å². The van der Waals surface area contributed by atoms with Crippen molar-refractivity contribution in [3.63, 3.8) is 0 Å². The average molecular weight is 419 g/mol. The fourth-order valence-corrected chi connectivity index (χ4v) is 2.53. The summed E-state index contributed by atoms with van der Waals surface area (Å²) in [5, 5.41) is 4.26. The summed E-state index contributed by atoms with van der Waals surface area (Å²) in [6, 6.07) is 13.2. The Kier molecular flexibility index (Phi) is 6.89. The Morgan fingerprint density at radius 2 is 2.00 bits per heavy atom. The normalized spacial score (nSPS) is 12.4. The smallest absolute Gasteiger partial charge is 0 e. The Bertz CT molecular complexity index is 492. The molecule has 1 aliphatic rings. The average Bonchev–Trinajstić information content (AvgIpc) is 3.01. The van der Waals surface area contributed by atoms with Crippen LogP contribution in [-0.2, 0) is 25.8 Å². The molecule has 0 amide bonds. The van der Waals surface area contributed by atoms with Crippen molar-refractivity contribution in [1.29, 1.82) is 0 Å². The first-order valence-electron chi connectivity index (χ1n) is 5.82. The zero-order valence-corrected chi connectivity index (χ0v) is 15.3. The van der Waals surface area contributed by atoms with E-state index in [2.05, 4.69) is 61.9 Å². The van der Waals surface area contributed by atoms with Crippen molar-refractivity contribution in [1.82, 2.24) is 0 Å². The summed E-state index contributed by atoms with van der Waals surface area (Å²) in [7, 11) is 0.0576. The van der Waals surface area contributed by atoms with Crippen LogP contribution < -0.4 is 5.30 Å². The van der Waals surface area contributed by atoms with Gasteiger partial charge in [0.05, 0.1) is 0 Å². The molecule has 2 aromatic carbocycles. The maximum atomic E-state index is 2.99. The van der Waals surface area contributed by atoms with E-state index in [1.807, 2.05) is 12.2 Å². The first-order valence-corrected chi connectivity index (χ1v) is 8.05. The molecule has 0 spiro atoms. The Balaban J connectivity index is 0.000000230. The van der Waals surface area contributed by atoms with Gasteiger partial charge in [0.25, 0.3) is 0 Å². The second-order valence-corrected chi connectivity index (χ2v) is 6.55. The zero-order valence-electron chi connectivity index (χ0n) is 10.9. The van der Waals surface area contributed by atoms with Crippen LogP contribution in [0.3, 0.4) is 0 Å². The summed E-state index contributed by atoms with van der Waals surface area (Å²) in [4.78, 5) is 0. The number of fused-ring (bicyclic) bond motifs is 1. The molecule has 2 heteroatoms. The van der Waals surface area contributed by atoms with Gasteiger partial charge in [0, 0.05) is 25.8 Å². The third kappa shape index (κ3) is 4.37. The minimum atomic E-state index is 0. The molecule has 1 aliphatic carbocycles. The van der Waals surface area contributed by atoms with E-state index in [-0.39, 0.29) is 33.8 Å². The van der Waals surface area contributed by atoms with Crippen LogP contribution >= 0.6 is 7.92 Å². The first kappa shape index (κ1) is 15.7. The fraction of sp³-hybridized carbons (Fsp3) is 0.188. The van der Waals surface area contributed by atoms with Crippen LogP contribution in [0.2, 0.25) is 0 Å². The molecule has 0 saturated heterocycles. The Morgan fingerprint density at radius 1 is 1.22 bits per heavy atom.